The van der Waals surface area contributed by atoms with Gasteiger partial charge in [-0.3, -0.25) is 4.57 Å². The summed E-state index contributed by atoms with van der Waals surface area (Å²) in [4.78, 5) is 5.54. The molecule has 1 aromatic heterocycles. The minimum absolute atomic E-state index is 0.258. The van der Waals surface area contributed by atoms with E-state index in [2.05, 4.69) is 80.6 Å². The molecule has 0 fully saturated rings. The topological polar surface area (TPSA) is 75.8 Å². The van der Waals surface area contributed by atoms with Crippen LogP contribution in [0.3, 0.4) is 0 Å². The third-order valence-electron chi connectivity index (χ3n) is 11.8. The summed E-state index contributed by atoms with van der Waals surface area (Å²) in [5.41, 5.74) is 11.6. The van der Waals surface area contributed by atoms with Crippen LogP contribution < -0.4 is 0 Å². The number of rotatable bonds is 3. The monoisotopic (exact) mass is 725 g/mol. The summed E-state index contributed by atoms with van der Waals surface area (Å²) in [6.07, 6.45) is 0. The van der Waals surface area contributed by atoms with Crippen molar-refractivity contribution < 1.29 is 8.42 Å². The summed E-state index contributed by atoms with van der Waals surface area (Å²) in [7, 11) is -3.99. The van der Waals surface area contributed by atoms with Crippen molar-refractivity contribution in [2.75, 3.05) is 0 Å². The fourth-order valence-corrected chi connectivity index (χ4v) is 11.1. The summed E-state index contributed by atoms with van der Waals surface area (Å²) < 4.78 is 32.1. The van der Waals surface area contributed by atoms with Crippen LogP contribution in [0.4, 0.5) is 0 Å². The first-order valence-electron chi connectivity index (χ1n) is 18.4. The molecule has 11 rings (SSSR count). The van der Waals surface area contributed by atoms with Crippen molar-refractivity contribution in [3.63, 3.8) is 0 Å². The number of nitriles is 1. The predicted molar refractivity (Wildman–Crippen MR) is 220 cm³/mol. The lowest BCUT2D eigenvalue weighted by Gasteiger charge is -2.25. The Morgan fingerprint density at radius 3 is 1.91 bits per heavy atom. The zero-order chi connectivity index (χ0) is 37.2. The molecule has 55 heavy (non-hydrogen) atoms. The molecule has 0 radical (unpaired) electrons. The van der Waals surface area contributed by atoms with Crippen LogP contribution in [0, 0.1) is 11.3 Å². The minimum Gasteiger partial charge on any atom is -0.290 e. The molecule has 6 heteroatoms. The van der Waals surface area contributed by atoms with E-state index in [4.69, 9.17) is 4.98 Å². The highest BCUT2D eigenvalue weighted by molar-refractivity contribution is 7.92. The summed E-state index contributed by atoms with van der Waals surface area (Å²) >= 11 is 0. The van der Waals surface area contributed by atoms with E-state index >= 15 is 8.42 Å². The van der Waals surface area contributed by atoms with Gasteiger partial charge in [-0.25, -0.2) is 13.4 Å². The van der Waals surface area contributed by atoms with E-state index in [9.17, 15) is 5.26 Å². The number of benzene rings is 8. The maximum absolute atomic E-state index is 15.0. The molecule has 0 saturated carbocycles. The van der Waals surface area contributed by atoms with Gasteiger partial charge in [0, 0.05) is 16.5 Å². The SMILES string of the molecule is CC1(C)c2cc(C#N)ccc2-c2ccc(-c3c4ccccc4c(-c4cccc5c4S(=O)(=O)c4cccc6nc(-c7ccccc7)n-5c46)c4ccccc34)cc21. The molecule has 0 saturated heterocycles. The molecular formula is C49H31N3O2S. The average Bonchev–Trinajstić information content (AvgIpc) is 3.71. The quantitative estimate of drug-likeness (QED) is 0.170. The molecule has 0 N–H and O–H groups in total. The lowest BCUT2D eigenvalue weighted by molar-refractivity contribution is 0.595. The fourth-order valence-electron chi connectivity index (χ4n) is 9.31. The van der Waals surface area contributed by atoms with Crippen LogP contribution in [-0.2, 0) is 15.3 Å². The van der Waals surface area contributed by atoms with E-state index in [0.29, 0.717) is 33.7 Å². The van der Waals surface area contributed by atoms with Crippen LogP contribution in [0.25, 0.3) is 83.0 Å². The van der Waals surface area contributed by atoms with Crippen LogP contribution in [0.5, 0.6) is 0 Å². The molecule has 1 aliphatic heterocycles. The number of hydrogen-bond acceptors (Lipinski definition) is 4. The second-order valence-electron chi connectivity index (χ2n) is 15.0. The zero-order valence-corrected chi connectivity index (χ0v) is 30.8. The first-order chi connectivity index (χ1) is 26.8. The molecule has 2 aliphatic rings. The van der Waals surface area contributed by atoms with E-state index in [0.717, 1.165) is 54.9 Å². The molecule has 0 unspecified atom stereocenters. The number of sulfone groups is 1. The Hall–Kier alpha value is -6.81. The Morgan fingerprint density at radius 1 is 0.600 bits per heavy atom. The van der Waals surface area contributed by atoms with Crippen LogP contribution in [0.1, 0.15) is 30.5 Å². The predicted octanol–water partition coefficient (Wildman–Crippen LogP) is 11.7. The molecule has 1 aliphatic carbocycles. The maximum atomic E-state index is 15.0. The van der Waals surface area contributed by atoms with Crippen molar-refractivity contribution in [1.82, 2.24) is 9.55 Å². The molecule has 2 heterocycles. The first kappa shape index (κ1) is 31.7. The average molecular weight is 726 g/mol. The van der Waals surface area contributed by atoms with Crippen molar-refractivity contribution in [3.8, 4) is 56.5 Å². The van der Waals surface area contributed by atoms with Gasteiger partial charge in [-0.05, 0) is 96.9 Å². The molecule has 0 bridgehead atoms. The van der Waals surface area contributed by atoms with Crippen molar-refractivity contribution in [2.45, 2.75) is 29.1 Å². The largest absolute Gasteiger partial charge is 0.290 e. The van der Waals surface area contributed by atoms with Gasteiger partial charge in [0.15, 0.2) is 0 Å². The number of aromatic nitrogens is 2. The minimum atomic E-state index is -3.99. The molecule has 0 atom stereocenters. The van der Waals surface area contributed by atoms with Crippen LogP contribution in [0.15, 0.2) is 161 Å². The van der Waals surface area contributed by atoms with Gasteiger partial charge >= 0.3 is 0 Å². The number of nitrogens with zero attached hydrogens (tertiary/aromatic N) is 3. The molecule has 0 spiro atoms. The standard InChI is InChI=1S/C49H31N3O2S/c1-49(2)39-26-29(28-50)22-24-32(39)33-25-23-31(27-40(33)49)44-34-14-6-8-16-36(34)45(37-17-9-7-15-35(37)44)38-18-10-20-42-47(38)55(53,54)43-21-11-19-41-46(43)52(42)48(51-41)30-12-4-3-5-13-30/h3-27H,1-2H3. The Bertz CT molecular complexity index is 3260. The van der Waals surface area contributed by atoms with Crippen molar-refractivity contribution in [1.29, 1.82) is 5.26 Å². The summed E-state index contributed by atoms with van der Waals surface area (Å²) in [5, 5.41) is 13.7. The van der Waals surface area contributed by atoms with Gasteiger partial charge in [0.05, 0.1) is 33.2 Å². The van der Waals surface area contributed by atoms with E-state index in [1.165, 1.54) is 11.1 Å². The molecular weight excluding hydrogens is 695 g/mol. The Morgan fingerprint density at radius 2 is 1.22 bits per heavy atom. The molecule has 260 valence electrons. The Balaban J connectivity index is 1.20. The van der Waals surface area contributed by atoms with Crippen molar-refractivity contribution in [2.24, 2.45) is 0 Å². The fraction of sp³-hybridized carbons (Fsp3) is 0.0612. The molecule has 9 aromatic rings. The zero-order valence-electron chi connectivity index (χ0n) is 30.0. The second-order valence-corrected chi connectivity index (χ2v) is 16.9. The lowest BCUT2D eigenvalue weighted by Crippen LogP contribution is -2.16. The number of para-hydroxylation sites is 1. The summed E-state index contributed by atoms with van der Waals surface area (Å²) in [5.74, 6) is 0.701. The summed E-state index contributed by atoms with van der Waals surface area (Å²) in [6.45, 7) is 4.46. The first-order valence-corrected chi connectivity index (χ1v) is 19.8. The number of hydrogen-bond donors (Lipinski definition) is 0. The second kappa shape index (κ2) is 11.1. The highest BCUT2D eigenvalue weighted by Crippen LogP contribution is 2.53. The van der Waals surface area contributed by atoms with Crippen LogP contribution in [0.2, 0.25) is 0 Å². The third-order valence-corrected chi connectivity index (χ3v) is 13.6. The van der Waals surface area contributed by atoms with E-state index in [1.54, 1.807) is 12.1 Å². The van der Waals surface area contributed by atoms with Gasteiger partial charge in [0.25, 0.3) is 0 Å². The Labute approximate surface area is 318 Å². The van der Waals surface area contributed by atoms with Crippen LogP contribution in [-0.4, -0.2) is 18.0 Å². The van der Waals surface area contributed by atoms with E-state index < -0.39 is 9.84 Å². The maximum Gasteiger partial charge on any atom is 0.211 e. The summed E-state index contributed by atoms with van der Waals surface area (Å²) in [6, 6.07) is 52.9. The van der Waals surface area contributed by atoms with E-state index in [1.807, 2.05) is 83.4 Å². The highest BCUT2D eigenvalue weighted by Gasteiger charge is 2.38. The van der Waals surface area contributed by atoms with Gasteiger partial charge in [-0.1, -0.05) is 129 Å². The van der Waals surface area contributed by atoms with Gasteiger partial charge < -0.3 is 0 Å². The van der Waals surface area contributed by atoms with Gasteiger partial charge in [-0.2, -0.15) is 5.26 Å². The van der Waals surface area contributed by atoms with Crippen molar-refractivity contribution >= 4 is 42.4 Å². The smallest absolute Gasteiger partial charge is 0.211 e. The van der Waals surface area contributed by atoms with Gasteiger partial charge in [0.1, 0.15) is 10.7 Å². The third kappa shape index (κ3) is 4.22. The van der Waals surface area contributed by atoms with Gasteiger partial charge in [0.2, 0.25) is 9.84 Å². The normalized spacial score (nSPS) is 14.4. The Kier molecular flexibility index (Phi) is 6.40. The molecule has 0 amide bonds. The van der Waals surface area contributed by atoms with E-state index in [-0.39, 0.29) is 15.2 Å². The van der Waals surface area contributed by atoms with Crippen molar-refractivity contribution in [3.05, 3.63) is 168 Å². The highest BCUT2D eigenvalue weighted by atomic mass is 32.2. The lowest BCUT2D eigenvalue weighted by atomic mass is 9.80. The van der Waals surface area contributed by atoms with Gasteiger partial charge in [-0.15, -0.1) is 0 Å². The number of fused-ring (bicyclic) bond motifs is 7. The number of imidazole rings is 1. The molecule has 5 nitrogen and oxygen atoms in total. The molecule has 8 aromatic carbocycles. The van der Waals surface area contributed by atoms with Crippen LogP contribution >= 0.6 is 0 Å².